The topological polar surface area (TPSA) is 70.7 Å². The number of piperidine rings is 1. The van der Waals surface area contributed by atoms with Gasteiger partial charge in [0.25, 0.3) is 0 Å². The molecule has 36 heavy (non-hydrogen) atoms. The first-order valence-electron chi connectivity index (χ1n) is 13.0. The van der Waals surface area contributed by atoms with Crippen LogP contribution in [0.2, 0.25) is 0 Å². The number of likely N-dealkylation sites (tertiary alicyclic amines) is 1. The molecular weight excluding hydrogens is 457 g/mol. The fraction of sp³-hybridized carbons (Fsp3) is 0.517. The van der Waals surface area contributed by atoms with Crippen LogP contribution >= 0.6 is 0 Å². The van der Waals surface area contributed by atoms with Crippen molar-refractivity contribution in [2.45, 2.75) is 57.0 Å². The zero-order chi connectivity index (χ0) is 25.5. The molecule has 0 radical (unpaired) electrons. The number of halogens is 1. The van der Waals surface area contributed by atoms with Gasteiger partial charge in [-0.05, 0) is 73.9 Å². The zero-order valence-corrected chi connectivity index (χ0v) is 21.3. The fourth-order valence-corrected chi connectivity index (χ4v) is 6.59. The molecule has 6 nitrogen and oxygen atoms in total. The second-order valence-electron chi connectivity index (χ2n) is 10.3. The van der Waals surface area contributed by atoms with Gasteiger partial charge in [-0.2, -0.15) is 0 Å². The molecule has 2 aromatic rings. The molecule has 194 valence electrons. The summed E-state index contributed by atoms with van der Waals surface area (Å²) >= 11 is 0. The number of benzene rings is 2. The lowest BCUT2D eigenvalue weighted by molar-refractivity contribution is -0.119. The Balaban J connectivity index is 1.67. The molecular formula is C29H38FN3O3. The predicted octanol–water partition coefficient (Wildman–Crippen LogP) is 4.64. The van der Waals surface area contributed by atoms with Crippen molar-refractivity contribution in [2.75, 3.05) is 26.7 Å². The number of methoxy groups -OCH3 is 1. The molecule has 3 atom stereocenters. The number of hydrogen-bond donors (Lipinski definition) is 2. The number of carbonyl (C=O) groups excluding carboxylic acids is 2. The normalized spacial score (nSPS) is 22.5. The van der Waals surface area contributed by atoms with E-state index in [1.165, 1.54) is 25.7 Å². The minimum Gasteiger partial charge on any atom is -0.453 e. The maximum Gasteiger partial charge on any atom is 0.407 e. The van der Waals surface area contributed by atoms with E-state index in [1.807, 2.05) is 12.1 Å². The molecule has 2 N–H and O–H groups in total. The Hall–Kier alpha value is -2.93. The maximum atomic E-state index is 14.6. The van der Waals surface area contributed by atoms with Crippen molar-refractivity contribution in [3.8, 4) is 0 Å². The van der Waals surface area contributed by atoms with Crippen LogP contribution in [0.5, 0.6) is 0 Å². The summed E-state index contributed by atoms with van der Waals surface area (Å²) in [5.41, 5.74) is 1.69. The van der Waals surface area contributed by atoms with Crippen LogP contribution in [0.4, 0.5) is 9.18 Å². The SMILES string of the molecule is COC(=O)N[C@H]1CCC[C@@H]1[C@](CNC(C)=O)(c1cccc(F)c1)C1CCN(Cc2ccccc2)CC1. The van der Waals surface area contributed by atoms with Crippen LogP contribution in [0.15, 0.2) is 54.6 Å². The van der Waals surface area contributed by atoms with E-state index < -0.39 is 11.5 Å². The van der Waals surface area contributed by atoms with Gasteiger partial charge < -0.3 is 15.4 Å². The van der Waals surface area contributed by atoms with Gasteiger partial charge in [0.05, 0.1) is 7.11 Å². The molecule has 0 unspecified atom stereocenters. The van der Waals surface area contributed by atoms with Gasteiger partial charge in [0.15, 0.2) is 0 Å². The Labute approximate surface area is 213 Å². The van der Waals surface area contributed by atoms with Crippen LogP contribution in [-0.4, -0.2) is 49.7 Å². The number of amides is 2. The maximum absolute atomic E-state index is 14.6. The van der Waals surface area contributed by atoms with Gasteiger partial charge >= 0.3 is 6.09 Å². The predicted molar refractivity (Wildman–Crippen MR) is 138 cm³/mol. The number of ether oxygens (including phenoxy) is 1. The molecule has 2 amide bonds. The van der Waals surface area contributed by atoms with Crippen molar-refractivity contribution < 1.29 is 18.7 Å². The van der Waals surface area contributed by atoms with Crippen LogP contribution in [0.1, 0.15) is 50.2 Å². The van der Waals surface area contributed by atoms with Crippen LogP contribution in [0.3, 0.4) is 0 Å². The van der Waals surface area contributed by atoms with Crippen molar-refractivity contribution >= 4 is 12.0 Å². The van der Waals surface area contributed by atoms with E-state index in [9.17, 15) is 14.0 Å². The summed E-state index contributed by atoms with van der Waals surface area (Å²) in [5, 5.41) is 6.16. The first-order chi connectivity index (χ1) is 17.4. The van der Waals surface area contributed by atoms with Crippen molar-refractivity contribution in [1.29, 1.82) is 0 Å². The largest absolute Gasteiger partial charge is 0.453 e. The van der Waals surface area contributed by atoms with E-state index in [2.05, 4.69) is 39.8 Å². The van der Waals surface area contributed by atoms with Gasteiger partial charge in [-0.25, -0.2) is 9.18 Å². The molecule has 1 heterocycles. The highest BCUT2D eigenvalue weighted by Crippen LogP contribution is 2.50. The van der Waals surface area contributed by atoms with E-state index in [1.54, 1.807) is 12.1 Å². The Morgan fingerprint density at radius 1 is 1.06 bits per heavy atom. The number of nitrogens with zero attached hydrogens (tertiary/aromatic N) is 1. The van der Waals surface area contributed by atoms with E-state index >= 15 is 0 Å². The Bertz CT molecular complexity index is 1030. The first-order valence-corrected chi connectivity index (χ1v) is 13.0. The molecule has 4 rings (SSSR count). The van der Waals surface area contributed by atoms with E-state index in [-0.39, 0.29) is 29.6 Å². The van der Waals surface area contributed by atoms with E-state index in [4.69, 9.17) is 4.74 Å². The van der Waals surface area contributed by atoms with Gasteiger partial charge in [-0.3, -0.25) is 9.69 Å². The minimum atomic E-state index is -0.505. The van der Waals surface area contributed by atoms with Gasteiger partial charge in [0.2, 0.25) is 5.91 Å². The smallest absolute Gasteiger partial charge is 0.407 e. The highest BCUT2D eigenvalue weighted by molar-refractivity contribution is 5.73. The molecule has 1 saturated carbocycles. The summed E-state index contributed by atoms with van der Waals surface area (Å²) in [6, 6.07) is 17.2. The summed E-state index contributed by atoms with van der Waals surface area (Å²) in [4.78, 5) is 26.9. The summed E-state index contributed by atoms with van der Waals surface area (Å²) < 4.78 is 19.6. The zero-order valence-electron chi connectivity index (χ0n) is 21.3. The molecule has 0 spiro atoms. The van der Waals surface area contributed by atoms with Crippen LogP contribution in [-0.2, 0) is 21.5 Å². The minimum absolute atomic E-state index is 0.0518. The average Bonchev–Trinajstić information content (AvgIpc) is 3.34. The van der Waals surface area contributed by atoms with Gasteiger partial charge in [0.1, 0.15) is 5.82 Å². The summed E-state index contributed by atoms with van der Waals surface area (Å²) in [6.45, 7) is 4.70. The number of alkyl carbamates (subject to hydrolysis) is 1. The standard InChI is InChI=1S/C29H38FN3O3/c1-21(34)31-20-29(24-10-6-11-25(30)18-24,26-12-7-13-27(26)32-28(35)36-2)23-14-16-33(17-15-23)19-22-8-4-3-5-9-22/h3-6,8-11,18,23,26-27H,7,12-17,19-20H2,1-2H3,(H,31,34)(H,32,35)/t26-,27-,29-/m0/s1. The van der Waals surface area contributed by atoms with Crippen LogP contribution in [0.25, 0.3) is 0 Å². The third kappa shape index (κ3) is 5.89. The summed E-state index contributed by atoms with van der Waals surface area (Å²) in [7, 11) is 1.37. The number of nitrogens with one attached hydrogen (secondary N) is 2. The van der Waals surface area contributed by atoms with Crippen LogP contribution < -0.4 is 10.6 Å². The monoisotopic (exact) mass is 495 g/mol. The van der Waals surface area contributed by atoms with Gasteiger partial charge in [0, 0.05) is 31.5 Å². The molecule has 2 aliphatic rings. The van der Waals surface area contributed by atoms with Crippen molar-refractivity contribution in [1.82, 2.24) is 15.5 Å². The molecule has 1 saturated heterocycles. The van der Waals surface area contributed by atoms with E-state index in [0.717, 1.165) is 57.3 Å². The van der Waals surface area contributed by atoms with Crippen molar-refractivity contribution in [3.05, 3.63) is 71.5 Å². The lowest BCUT2D eigenvalue weighted by Gasteiger charge is -2.50. The highest BCUT2D eigenvalue weighted by atomic mass is 19.1. The van der Waals surface area contributed by atoms with E-state index in [0.29, 0.717) is 6.54 Å². The number of carbonyl (C=O) groups is 2. The molecule has 1 aliphatic heterocycles. The highest BCUT2D eigenvalue weighted by Gasteiger charge is 2.52. The third-order valence-corrected chi connectivity index (χ3v) is 8.22. The van der Waals surface area contributed by atoms with Crippen molar-refractivity contribution in [2.24, 2.45) is 11.8 Å². The van der Waals surface area contributed by atoms with Gasteiger partial charge in [-0.1, -0.05) is 48.9 Å². The molecule has 1 aliphatic carbocycles. The Kier molecular flexibility index (Phi) is 8.62. The Morgan fingerprint density at radius 3 is 2.47 bits per heavy atom. The lowest BCUT2D eigenvalue weighted by Crippen LogP contribution is -2.57. The molecule has 0 aromatic heterocycles. The average molecular weight is 496 g/mol. The Morgan fingerprint density at radius 2 is 1.81 bits per heavy atom. The second-order valence-corrected chi connectivity index (χ2v) is 10.3. The third-order valence-electron chi connectivity index (χ3n) is 8.22. The number of hydrogen-bond acceptors (Lipinski definition) is 4. The lowest BCUT2D eigenvalue weighted by atomic mass is 9.58. The fourth-order valence-electron chi connectivity index (χ4n) is 6.59. The summed E-state index contributed by atoms with van der Waals surface area (Å²) in [5.74, 6) is -0.108. The van der Waals surface area contributed by atoms with Crippen molar-refractivity contribution in [3.63, 3.8) is 0 Å². The van der Waals surface area contributed by atoms with Crippen LogP contribution in [0, 0.1) is 17.7 Å². The molecule has 2 aromatic carbocycles. The second kappa shape index (κ2) is 11.9. The molecule has 7 heteroatoms. The quantitative estimate of drug-likeness (QED) is 0.560. The van der Waals surface area contributed by atoms with Gasteiger partial charge in [-0.15, -0.1) is 0 Å². The number of rotatable bonds is 8. The summed E-state index contributed by atoms with van der Waals surface area (Å²) in [6.07, 6.45) is 4.12. The first kappa shape index (κ1) is 26.1. The molecule has 0 bridgehead atoms. The molecule has 2 fully saturated rings.